The van der Waals surface area contributed by atoms with E-state index in [2.05, 4.69) is 15.4 Å². The van der Waals surface area contributed by atoms with Gasteiger partial charge in [0.05, 0.1) is 17.1 Å². The first-order valence-electron chi connectivity index (χ1n) is 12.1. The van der Waals surface area contributed by atoms with E-state index in [1.165, 1.54) is 17.0 Å². The molecule has 2 aliphatic rings. The summed E-state index contributed by atoms with van der Waals surface area (Å²) in [5.41, 5.74) is 2.16. The number of nitrogens with one attached hydrogen (secondary N) is 2. The smallest absolute Gasteiger partial charge is 0.410 e. The van der Waals surface area contributed by atoms with Gasteiger partial charge in [0.1, 0.15) is 18.0 Å². The number of benzene rings is 1. The Morgan fingerprint density at radius 3 is 2.45 bits per heavy atom. The summed E-state index contributed by atoms with van der Waals surface area (Å²) in [4.78, 5) is 66.0. The summed E-state index contributed by atoms with van der Waals surface area (Å²) < 4.78 is 7.23. The summed E-state index contributed by atoms with van der Waals surface area (Å²) in [6, 6.07) is 8.25. The summed E-state index contributed by atoms with van der Waals surface area (Å²) >= 11 is 0. The molecule has 13 heteroatoms. The van der Waals surface area contributed by atoms with E-state index in [9.17, 15) is 24.0 Å². The molecule has 1 atom stereocenters. The van der Waals surface area contributed by atoms with E-state index >= 15 is 0 Å². The molecule has 0 radical (unpaired) electrons. The van der Waals surface area contributed by atoms with Gasteiger partial charge in [-0.3, -0.25) is 24.4 Å². The predicted octanol–water partition coefficient (Wildman–Crippen LogP) is 1.21. The van der Waals surface area contributed by atoms with Crippen molar-refractivity contribution in [3.8, 4) is 0 Å². The molecule has 2 saturated heterocycles. The number of aromatic carboxylic acids is 1. The second-order valence-electron chi connectivity index (χ2n) is 9.25. The van der Waals surface area contributed by atoms with Crippen LogP contribution >= 0.6 is 0 Å². The molecule has 2 aliphatic heterocycles. The third kappa shape index (κ3) is 4.69. The first-order valence-corrected chi connectivity index (χ1v) is 12.1. The lowest BCUT2D eigenvalue weighted by Gasteiger charge is -2.33. The molecule has 2 fully saturated rings. The number of carboxylic acids is 1. The highest BCUT2D eigenvalue weighted by Crippen LogP contribution is 2.31. The van der Waals surface area contributed by atoms with Crippen molar-refractivity contribution in [3.63, 3.8) is 0 Å². The van der Waals surface area contributed by atoms with Crippen LogP contribution < -0.4 is 5.32 Å². The number of piperidine rings is 1. The molecule has 2 aromatic heterocycles. The maximum atomic E-state index is 12.8. The molecular formula is C25H26N6O7. The lowest BCUT2D eigenvalue weighted by atomic mass is 9.92. The third-order valence-corrected chi connectivity index (χ3v) is 6.87. The van der Waals surface area contributed by atoms with Crippen LogP contribution in [0.3, 0.4) is 0 Å². The fourth-order valence-corrected chi connectivity index (χ4v) is 4.91. The van der Waals surface area contributed by atoms with Gasteiger partial charge in [-0.25, -0.2) is 9.59 Å². The van der Waals surface area contributed by atoms with Crippen molar-refractivity contribution >= 4 is 40.7 Å². The molecule has 0 spiro atoms. The number of aryl methyl sites for hydroxylation is 1. The number of H-pyrrole nitrogens is 1. The highest BCUT2D eigenvalue weighted by Gasteiger charge is 2.32. The Hall–Kier alpha value is -4.68. The van der Waals surface area contributed by atoms with E-state index in [4.69, 9.17) is 9.84 Å². The fraction of sp³-hybridized carbons (Fsp3) is 0.360. The lowest BCUT2D eigenvalue weighted by molar-refractivity contribution is -0.134. The number of hydrogen-bond donors (Lipinski definition) is 3. The summed E-state index contributed by atoms with van der Waals surface area (Å²) in [6.07, 6.45) is 0.114. The van der Waals surface area contributed by atoms with Gasteiger partial charge in [-0.1, -0.05) is 18.2 Å². The maximum absolute atomic E-state index is 12.8. The second-order valence-corrected chi connectivity index (χ2v) is 9.25. The number of rotatable bonds is 5. The quantitative estimate of drug-likeness (QED) is 0.421. The number of hydrogen-bond acceptors (Lipinski definition) is 7. The molecule has 4 heterocycles. The van der Waals surface area contributed by atoms with Gasteiger partial charge in [0.25, 0.3) is 5.91 Å². The number of carboxylic acid groups (broad SMARTS) is 1. The second kappa shape index (κ2) is 10.00. The number of carbonyl (C=O) groups is 5. The van der Waals surface area contributed by atoms with Gasteiger partial charge in [-0.05, 0) is 18.6 Å². The molecule has 3 aromatic rings. The molecule has 0 bridgehead atoms. The lowest BCUT2D eigenvalue weighted by Crippen LogP contribution is -2.50. The van der Waals surface area contributed by atoms with Gasteiger partial charge in [0.2, 0.25) is 11.8 Å². The molecule has 38 heavy (non-hydrogen) atoms. The zero-order valence-corrected chi connectivity index (χ0v) is 20.6. The van der Waals surface area contributed by atoms with Crippen molar-refractivity contribution in [2.75, 3.05) is 26.2 Å². The van der Waals surface area contributed by atoms with Gasteiger partial charge in [-0.2, -0.15) is 5.10 Å². The molecule has 5 rings (SSSR count). The number of imide groups is 1. The van der Waals surface area contributed by atoms with Crippen LogP contribution in [0.15, 0.2) is 30.3 Å². The molecule has 1 aromatic carbocycles. The summed E-state index contributed by atoms with van der Waals surface area (Å²) in [7, 11) is 1.75. The van der Waals surface area contributed by atoms with Gasteiger partial charge >= 0.3 is 12.1 Å². The van der Waals surface area contributed by atoms with E-state index in [0.717, 1.165) is 16.5 Å². The highest BCUT2D eigenvalue weighted by atomic mass is 16.6. The Labute approximate surface area is 216 Å². The molecule has 1 unspecified atom stereocenters. The summed E-state index contributed by atoms with van der Waals surface area (Å²) in [5.74, 6) is -2.67. The van der Waals surface area contributed by atoms with Gasteiger partial charge < -0.3 is 24.6 Å². The number of nitrogens with zero attached hydrogens (tertiary/aromatic N) is 4. The number of amides is 4. The van der Waals surface area contributed by atoms with E-state index in [0.29, 0.717) is 12.1 Å². The first-order chi connectivity index (χ1) is 18.2. The minimum atomic E-state index is -1.15. The number of fused-ring (bicyclic) bond motifs is 1. The van der Waals surface area contributed by atoms with Crippen molar-refractivity contribution in [2.45, 2.75) is 25.4 Å². The number of carbonyl (C=O) groups excluding carboxylic acids is 4. The third-order valence-electron chi connectivity index (χ3n) is 6.87. The average molecular weight is 523 g/mol. The van der Waals surface area contributed by atoms with Crippen LogP contribution in [-0.2, 0) is 28.0 Å². The van der Waals surface area contributed by atoms with Crippen molar-refractivity contribution in [3.05, 3.63) is 53.0 Å². The fourth-order valence-electron chi connectivity index (χ4n) is 4.91. The minimum Gasteiger partial charge on any atom is -0.477 e. The molecular weight excluding hydrogens is 496 g/mol. The van der Waals surface area contributed by atoms with Crippen LogP contribution in [0.5, 0.6) is 0 Å². The SMILES string of the molecule is Cn1nc(C2CCC(=O)NC2=O)c2cccc(COC(=O)N3CCN(C(=O)c4ccc(C(=O)O)[nH]4)CC3)c21. The van der Waals surface area contributed by atoms with E-state index < -0.39 is 18.0 Å². The number of para-hydroxylation sites is 1. The zero-order valence-electron chi connectivity index (χ0n) is 20.6. The zero-order chi connectivity index (χ0) is 27.0. The average Bonchev–Trinajstić information content (AvgIpc) is 3.53. The minimum absolute atomic E-state index is 0.00984. The topological polar surface area (TPSA) is 167 Å². The van der Waals surface area contributed by atoms with Crippen LogP contribution in [0.2, 0.25) is 0 Å². The van der Waals surface area contributed by atoms with Crippen LogP contribution in [0.1, 0.15) is 51.0 Å². The van der Waals surface area contributed by atoms with Crippen LogP contribution in [0.4, 0.5) is 4.79 Å². The van der Waals surface area contributed by atoms with Gasteiger partial charge in [0, 0.05) is 50.6 Å². The Kier molecular flexibility index (Phi) is 6.57. The molecule has 0 aliphatic carbocycles. The van der Waals surface area contributed by atoms with Crippen molar-refractivity contribution < 1.29 is 33.8 Å². The maximum Gasteiger partial charge on any atom is 0.410 e. The normalized spacial score (nSPS) is 18.0. The Bertz CT molecular complexity index is 1450. The summed E-state index contributed by atoms with van der Waals surface area (Å²) in [6.45, 7) is 1.09. The Morgan fingerprint density at radius 1 is 1.05 bits per heavy atom. The first kappa shape index (κ1) is 25.0. The molecule has 13 nitrogen and oxygen atoms in total. The van der Waals surface area contributed by atoms with Gasteiger partial charge in [0.15, 0.2) is 0 Å². The Morgan fingerprint density at radius 2 is 1.76 bits per heavy atom. The van der Waals surface area contributed by atoms with Crippen molar-refractivity contribution in [2.24, 2.45) is 7.05 Å². The molecule has 198 valence electrons. The molecule has 4 amide bonds. The van der Waals surface area contributed by atoms with Crippen molar-refractivity contribution in [1.29, 1.82) is 0 Å². The monoisotopic (exact) mass is 522 g/mol. The number of aromatic nitrogens is 3. The molecule has 3 N–H and O–H groups in total. The van der Waals surface area contributed by atoms with E-state index in [1.54, 1.807) is 16.6 Å². The van der Waals surface area contributed by atoms with Crippen LogP contribution in [0, 0.1) is 0 Å². The van der Waals surface area contributed by atoms with E-state index in [1.807, 2.05) is 18.2 Å². The van der Waals surface area contributed by atoms with Crippen LogP contribution in [-0.4, -0.2) is 85.6 Å². The predicted molar refractivity (Wildman–Crippen MR) is 131 cm³/mol. The highest BCUT2D eigenvalue weighted by molar-refractivity contribution is 6.02. The Balaban J connectivity index is 1.21. The number of piperazine rings is 1. The van der Waals surface area contributed by atoms with Gasteiger partial charge in [-0.15, -0.1) is 0 Å². The largest absolute Gasteiger partial charge is 0.477 e. The molecule has 0 saturated carbocycles. The summed E-state index contributed by atoms with van der Waals surface area (Å²) in [5, 5.41) is 16.7. The standard InChI is InChI=1S/C25H26N6O7/c1-29-21-14(3-2-4-15(21)20(28-29)16-5-8-19(32)27-22(16)33)13-38-25(37)31-11-9-30(10-12-31)23(34)17-6-7-18(26-17)24(35)36/h2-4,6-7,16,26H,5,8-13H2,1H3,(H,35,36)(H,27,32,33). The van der Waals surface area contributed by atoms with Crippen molar-refractivity contribution in [1.82, 2.24) is 29.9 Å². The van der Waals surface area contributed by atoms with E-state index in [-0.39, 0.29) is 68.3 Å². The number of ether oxygens (including phenoxy) is 1. The number of aromatic amines is 1. The van der Waals surface area contributed by atoms with Crippen LogP contribution in [0.25, 0.3) is 10.9 Å².